The van der Waals surface area contributed by atoms with Crippen molar-refractivity contribution in [1.82, 2.24) is 0 Å². The number of anilines is 1. The van der Waals surface area contributed by atoms with E-state index < -0.39 is 0 Å². The van der Waals surface area contributed by atoms with Crippen molar-refractivity contribution in [3.8, 4) is 6.07 Å². The molecule has 0 spiro atoms. The summed E-state index contributed by atoms with van der Waals surface area (Å²) in [7, 11) is 0. The maximum atomic E-state index is 13.6. The molecule has 0 aliphatic rings. The smallest absolute Gasteiger partial charge is 0.126 e. The van der Waals surface area contributed by atoms with Gasteiger partial charge in [0, 0.05) is 6.04 Å². The Balaban J connectivity index is 2.27. The lowest BCUT2D eigenvalue weighted by Crippen LogP contribution is -2.08. The number of halogens is 1. The van der Waals surface area contributed by atoms with Crippen LogP contribution in [-0.2, 0) is 0 Å². The number of nitrogens with zero attached hydrogens (tertiary/aromatic N) is 1. The van der Waals surface area contributed by atoms with Crippen LogP contribution in [0.25, 0.3) is 0 Å². The Kier molecular flexibility index (Phi) is 4.05. The van der Waals surface area contributed by atoms with Crippen molar-refractivity contribution >= 4 is 5.69 Å². The van der Waals surface area contributed by atoms with Gasteiger partial charge in [0.1, 0.15) is 11.9 Å². The van der Waals surface area contributed by atoms with E-state index in [-0.39, 0.29) is 11.9 Å². The number of nitrogens with one attached hydrogen (secondary N) is 1. The first kappa shape index (κ1) is 14.1. The molecule has 1 N–H and O–H groups in total. The van der Waals surface area contributed by atoms with Crippen LogP contribution in [0, 0.1) is 31.0 Å². The Labute approximate surface area is 118 Å². The van der Waals surface area contributed by atoms with Gasteiger partial charge in [0.2, 0.25) is 0 Å². The lowest BCUT2D eigenvalue weighted by atomic mass is 10.0. The quantitative estimate of drug-likeness (QED) is 0.890. The van der Waals surface area contributed by atoms with E-state index in [4.69, 9.17) is 5.26 Å². The van der Waals surface area contributed by atoms with Crippen LogP contribution >= 0.6 is 0 Å². The number of nitriles is 1. The van der Waals surface area contributed by atoms with Crippen LogP contribution in [0.15, 0.2) is 36.4 Å². The second-order valence-corrected chi connectivity index (χ2v) is 5.04. The van der Waals surface area contributed by atoms with Crippen LogP contribution in [0.4, 0.5) is 10.1 Å². The highest BCUT2D eigenvalue weighted by Crippen LogP contribution is 2.24. The van der Waals surface area contributed by atoms with E-state index >= 15 is 0 Å². The van der Waals surface area contributed by atoms with Gasteiger partial charge < -0.3 is 5.32 Å². The molecule has 2 aromatic rings. The highest BCUT2D eigenvalue weighted by atomic mass is 19.1. The van der Waals surface area contributed by atoms with E-state index in [1.807, 2.05) is 32.0 Å². The van der Waals surface area contributed by atoms with Gasteiger partial charge in [-0.15, -0.1) is 0 Å². The molecule has 0 saturated heterocycles. The Morgan fingerprint density at radius 1 is 1.15 bits per heavy atom. The van der Waals surface area contributed by atoms with Crippen molar-refractivity contribution in [3.05, 3.63) is 64.5 Å². The molecule has 0 radical (unpaired) electrons. The van der Waals surface area contributed by atoms with Gasteiger partial charge in [-0.3, -0.25) is 0 Å². The molecule has 1 unspecified atom stereocenters. The molecule has 2 aromatic carbocycles. The number of hydrogen-bond donors (Lipinski definition) is 1. The predicted molar refractivity (Wildman–Crippen MR) is 79.1 cm³/mol. The second-order valence-electron chi connectivity index (χ2n) is 5.04. The third-order valence-corrected chi connectivity index (χ3v) is 3.36. The lowest BCUT2D eigenvalue weighted by Gasteiger charge is -2.17. The third kappa shape index (κ3) is 2.97. The minimum Gasteiger partial charge on any atom is -0.377 e. The number of aryl methyl sites for hydroxylation is 2. The van der Waals surface area contributed by atoms with Gasteiger partial charge >= 0.3 is 0 Å². The molecule has 2 rings (SSSR count). The summed E-state index contributed by atoms with van der Waals surface area (Å²) in [6.45, 7) is 5.67. The van der Waals surface area contributed by atoms with E-state index in [1.165, 1.54) is 6.07 Å². The van der Waals surface area contributed by atoms with E-state index in [2.05, 4.69) is 11.4 Å². The zero-order chi connectivity index (χ0) is 14.7. The van der Waals surface area contributed by atoms with Crippen molar-refractivity contribution in [2.75, 3.05) is 5.32 Å². The van der Waals surface area contributed by atoms with Crippen molar-refractivity contribution in [1.29, 1.82) is 5.26 Å². The SMILES string of the molecule is Cc1ccc(C#N)c(NC(C)c2ccc(C)c(F)c2)c1. The van der Waals surface area contributed by atoms with E-state index in [1.54, 1.807) is 19.1 Å². The third-order valence-electron chi connectivity index (χ3n) is 3.36. The molecule has 0 aromatic heterocycles. The van der Waals surface area contributed by atoms with Crippen molar-refractivity contribution in [3.63, 3.8) is 0 Å². The Morgan fingerprint density at radius 2 is 1.90 bits per heavy atom. The minimum atomic E-state index is -0.208. The minimum absolute atomic E-state index is 0.0704. The average molecular weight is 268 g/mol. The van der Waals surface area contributed by atoms with Gasteiger partial charge in [-0.1, -0.05) is 18.2 Å². The zero-order valence-electron chi connectivity index (χ0n) is 11.9. The molecule has 1 atom stereocenters. The molecule has 0 amide bonds. The lowest BCUT2D eigenvalue weighted by molar-refractivity contribution is 0.614. The van der Waals surface area contributed by atoms with Crippen LogP contribution in [0.5, 0.6) is 0 Å². The first-order chi connectivity index (χ1) is 9.51. The molecule has 0 fully saturated rings. The Hall–Kier alpha value is -2.34. The fourth-order valence-electron chi connectivity index (χ4n) is 2.07. The first-order valence-corrected chi connectivity index (χ1v) is 6.54. The molecule has 0 saturated carbocycles. The molecule has 20 heavy (non-hydrogen) atoms. The Morgan fingerprint density at radius 3 is 2.55 bits per heavy atom. The zero-order valence-corrected chi connectivity index (χ0v) is 11.9. The largest absolute Gasteiger partial charge is 0.377 e. The topological polar surface area (TPSA) is 35.8 Å². The molecule has 2 nitrogen and oxygen atoms in total. The van der Waals surface area contributed by atoms with E-state index in [0.29, 0.717) is 11.1 Å². The highest BCUT2D eigenvalue weighted by Gasteiger charge is 2.10. The van der Waals surface area contributed by atoms with Crippen molar-refractivity contribution in [2.45, 2.75) is 26.8 Å². The van der Waals surface area contributed by atoms with Crippen LogP contribution in [0.1, 0.15) is 35.2 Å². The maximum Gasteiger partial charge on any atom is 0.126 e. The van der Waals surface area contributed by atoms with Crippen LogP contribution in [0.2, 0.25) is 0 Å². The summed E-state index contributed by atoms with van der Waals surface area (Å²) in [6.07, 6.45) is 0. The molecular weight excluding hydrogens is 251 g/mol. The summed E-state index contributed by atoms with van der Waals surface area (Å²) in [5.74, 6) is -0.208. The fourth-order valence-corrected chi connectivity index (χ4v) is 2.07. The van der Waals surface area contributed by atoms with Crippen LogP contribution < -0.4 is 5.32 Å². The van der Waals surface area contributed by atoms with Gasteiger partial charge in [0.15, 0.2) is 0 Å². The van der Waals surface area contributed by atoms with Crippen LogP contribution in [-0.4, -0.2) is 0 Å². The summed E-state index contributed by atoms with van der Waals surface area (Å²) in [4.78, 5) is 0. The molecular formula is C17H17FN2. The highest BCUT2D eigenvalue weighted by molar-refractivity contribution is 5.59. The molecule has 0 bridgehead atoms. The first-order valence-electron chi connectivity index (χ1n) is 6.54. The monoisotopic (exact) mass is 268 g/mol. The summed E-state index contributed by atoms with van der Waals surface area (Å²) in [5.41, 5.74) is 3.94. The molecule has 3 heteroatoms. The van der Waals surface area contributed by atoms with Crippen molar-refractivity contribution < 1.29 is 4.39 Å². The molecule has 0 aliphatic carbocycles. The number of hydrogen-bond acceptors (Lipinski definition) is 2. The van der Waals surface area contributed by atoms with Crippen LogP contribution in [0.3, 0.4) is 0 Å². The molecule has 102 valence electrons. The summed E-state index contributed by atoms with van der Waals surface area (Å²) in [5, 5.41) is 12.4. The number of benzene rings is 2. The predicted octanol–water partition coefficient (Wildman–Crippen LogP) is 4.49. The van der Waals surface area contributed by atoms with Gasteiger partial charge in [0.25, 0.3) is 0 Å². The standard InChI is InChI=1S/C17H17FN2/c1-11-4-6-15(10-19)17(8-11)20-13(3)14-7-5-12(2)16(18)9-14/h4-9,13,20H,1-3H3. The van der Waals surface area contributed by atoms with Crippen molar-refractivity contribution in [2.24, 2.45) is 0 Å². The van der Waals surface area contributed by atoms with Gasteiger partial charge in [-0.25, -0.2) is 4.39 Å². The fraction of sp³-hybridized carbons (Fsp3) is 0.235. The van der Waals surface area contributed by atoms with E-state index in [0.717, 1.165) is 16.8 Å². The van der Waals surface area contributed by atoms with E-state index in [9.17, 15) is 4.39 Å². The molecule has 0 heterocycles. The molecule has 0 aliphatic heterocycles. The van der Waals surface area contributed by atoms with Gasteiger partial charge in [-0.05, 0) is 55.7 Å². The normalized spacial score (nSPS) is 11.8. The van der Waals surface area contributed by atoms with Gasteiger partial charge in [0.05, 0.1) is 11.3 Å². The Bertz CT molecular complexity index is 671. The van der Waals surface area contributed by atoms with Gasteiger partial charge in [-0.2, -0.15) is 5.26 Å². The number of rotatable bonds is 3. The summed E-state index contributed by atoms with van der Waals surface area (Å²) < 4.78 is 13.6. The average Bonchev–Trinajstić information content (AvgIpc) is 2.42. The summed E-state index contributed by atoms with van der Waals surface area (Å²) >= 11 is 0. The second kappa shape index (κ2) is 5.75. The summed E-state index contributed by atoms with van der Waals surface area (Å²) in [6, 6.07) is 12.9. The maximum absolute atomic E-state index is 13.6.